The molecule has 7 nitrogen and oxygen atoms in total. The van der Waals surface area contributed by atoms with Gasteiger partial charge in [0.2, 0.25) is 11.9 Å². The van der Waals surface area contributed by atoms with Gasteiger partial charge in [-0.1, -0.05) is 0 Å². The van der Waals surface area contributed by atoms with Gasteiger partial charge in [-0.25, -0.2) is 19.3 Å². The molecule has 0 bridgehead atoms. The first-order chi connectivity index (χ1) is 12.9. The van der Waals surface area contributed by atoms with E-state index in [0.717, 1.165) is 29.8 Å². The molecule has 0 aliphatic carbocycles. The van der Waals surface area contributed by atoms with Crippen molar-refractivity contribution in [3.63, 3.8) is 0 Å². The number of amides is 1. The number of aromatic nitrogens is 4. The average Bonchev–Trinajstić information content (AvgIpc) is 3.23. The zero-order valence-electron chi connectivity index (χ0n) is 15.3. The molecule has 3 N–H and O–H groups in total. The van der Waals surface area contributed by atoms with Crippen molar-refractivity contribution in [2.45, 2.75) is 39.2 Å². The van der Waals surface area contributed by atoms with Crippen LogP contribution in [0.25, 0.3) is 11.0 Å². The summed E-state index contributed by atoms with van der Waals surface area (Å²) in [5.41, 5.74) is 9.27. The van der Waals surface area contributed by atoms with Gasteiger partial charge in [0.05, 0.1) is 23.5 Å². The number of likely N-dealkylation sites (tertiary alicyclic amines) is 1. The molecule has 140 valence electrons. The molecule has 1 saturated heterocycles. The van der Waals surface area contributed by atoms with E-state index in [4.69, 9.17) is 5.73 Å². The van der Waals surface area contributed by atoms with E-state index in [0.29, 0.717) is 23.4 Å². The van der Waals surface area contributed by atoms with Crippen LogP contribution in [-0.2, 0) is 11.2 Å². The Hall–Kier alpha value is -3.03. The lowest BCUT2D eigenvalue weighted by molar-refractivity contribution is -0.131. The Labute approximate surface area is 155 Å². The van der Waals surface area contributed by atoms with Crippen LogP contribution in [0.4, 0.5) is 10.3 Å². The molecule has 4 rings (SSSR count). The van der Waals surface area contributed by atoms with E-state index in [1.165, 1.54) is 12.1 Å². The highest BCUT2D eigenvalue weighted by Crippen LogP contribution is 2.32. The second-order valence-electron chi connectivity index (χ2n) is 6.94. The van der Waals surface area contributed by atoms with Crippen molar-refractivity contribution < 1.29 is 9.18 Å². The summed E-state index contributed by atoms with van der Waals surface area (Å²) in [4.78, 5) is 30.9. The molecular weight excluding hydrogens is 347 g/mol. The van der Waals surface area contributed by atoms with Crippen LogP contribution in [0.5, 0.6) is 0 Å². The van der Waals surface area contributed by atoms with Crippen molar-refractivity contribution in [1.82, 2.24) is 24.8 Å². The molecule has 0 spiro atoms. The van der Waals surface area contributed by atoms with Crippen LogP contribution in [0.1, 0.15) is 41.7 Å². The molecule has 0 saturated carbocycles. The highest BCUT2D eigenvalue weighted by molar-refractivity contribution is 5.80. The zero-order valence-corrected chi connectivity index (χ0v) is 15.3. The minimum Gasteiger partial charge on any atom is -0.368 e. The fraction of sp³-hybridized carbons (Fsp3) is 0.368. The van der Waals surface area contributed by atoms with Crippen LogP contribution >= 0.6 is 0 Å². The predicted octanol–water partition coefficient (Wildman–Crippen LogP) is 2.60. The van der Waals surface area contributed by atoms with Gasteiger partial charge in [-0.05, 0) is 44.9 Å². The molecule has 3 heterocycles. The number of hydrogen-bond donors (Lipinski definition) is 2. The van der Waals surface area contributed by atoms with Crippen LogP contribution in [0.3, 0.4) is 0 Å². The van der Waals surface area contributed by atoms with E-state index >= 15 is 0 Å². The van der Waals surface area contributed by atoms with E-state index in [1.807, 2.05) is 18.7 Å². The Kier molecular flexibility index (Phi) is 4.25. The summed E-state index contributed by atoms with van der Waals surface area (Å²) in [6, 6.07) is 4.32. The second kappa shape index (κ2) is 6.61. The molecule has 8 heteroatoms. The van der Waals surface area contributed by atoms with Crippen LogP contribution in [0.2, 0.25) is 0 Å². The number of H-pyrrole nitrogens is 1. The Morgan fingerprint density at radius 3 is 2.78 bits per heavy atom. The first-order valence-corrected chi connectivity index (χ1v) is 8.96. The molecule has 1 amide bonds. The third-order valence-electron chi connectivity index (χ3n) is 5.12. The Bertz CT molecular complexity index is 1010. The van der Waals surface area contributed by atoms with Gasteiger partial charge < -0.3 is 15.6 Å². The predicted molar refractivity (Wildman–Crippen MR) is 99.4 cm³/mol. The number of nitrogens with zero attached hydrogens (tertiary/aromatic N) is 4. The van der Waals surface area contributed by atoms with Gasteiger partial charge in [0.1, 0.15) is 11.6 Å². The van der Waals surface area contributed by atoms with Crippen molar-refractivity contribution in [1.29, 1.82) is 0 Å². The lowest BCUT2D eigenvalue weighted by Crippen LogP contribution is -2.32. The second-order valence-corrected chi connectivity index (χ2v) is 6.94. The summed E-state index contributed by atoms with van der Waals surface area (Å²) in [6.07, 6.45) is 1.95. The average molecular weight is 368 g/mol. The summed E-state index contributed by atoms with van der Waals surface area (Å²) in [5.74, 6) is 0.605. The molecule has 1 atom stereocenters. The van der Waals surface area contributed by atoms with E-state index in [-0.39, 0.29) is 30.1 Å². The topological polar surface area (TPSA) is 101 Å². The fourth-order valence-corrected chi connectivity index (χ4v) is 3.78. The maximum Gasteiger partial charge on any atom is 0.227 e. The smallest absolute Gasteiger partial charge is 0.227 e. The molecule has 0 radical (unpaired) electrons. The third kappa shape index (κ3) is 3.22. The number of carbonyl (C=O) groups is 1. The Balaban J connectivity index is 1.60. The van der Waals surface area contributed by atoms with E-state index < -0.39 is 0 Å². The van der Waals surface area contributed by atoms with Crippen LogP contribution in [0, 0.1) is 19.7 Å². The molecule has 27 heavy (non-hydrogen) atoms. The summed E-state index contributed by atoms with van der Waals surface area (Å²) in [6.45, 7) is 4.34. The highest BCUT2D eigenvalue weighted by atomic mass is 19.1. The van der Waals surface area contributed by atoms with Gasteiger partial charge >= 0.3 is 0 Å². The van der Waals surface area contributed by atoms with E-state index in [2.05, 4.69) is 19.9 Å². The molecular formula is C19H21FN6O. The van der Waals surface area contributed by atoms with Crippen LogP contribution < -0.4 is 5.73 Å². The minimum atomic E-state index is -0.314. The number of nitrogen functional groups attached to an aromatic ring is 1. The van der Waals surface area contributed by atoms with Crippen molar-refractivity contribution in [2.75, 3.05) is 12.3 Å². The molecule has 1 fully saturated rings. The quantitative estimate of drug-likeness (QED) is 0.740. The van der Waals surface area contributed by atoms with Gasteiger partial charge in [-0.15, -0.1) is 0 Å². The number of nitrogens with one attached hydrogen (secondary N) is 1. The SMILES string of the molecule is Cc1nc(N)nc(C)c1CC(=O)N1CCCC1c1nc2ccc(F)cc2[nH]1. The maximum atomic E-state index is 13.4. The van der Waals surface area contributed by atoms with Crippen LogP contribution in [-0.4, -0.2) is 37.3 Å². The molecule has 1 aromatic carbocycles. The number of anilines is 1. The fourth-order valence-electron chi connectivity index (χ4n) is 3.78. The normalized spacial score (nSPS) is 17.0. The summed E-state index contributed by atoms with van der Waals surface area (Å²) >= 11 is 0. The monoisotopic (exact) mass is 368 g/mol. The standard InChI is InChI=1S/C19H21FN6O/c1-10-13(11(2)23-19(21)22-10)9-17(27)26-7-3-4-16(26)18-24-14-6-5-12(20)8-15(14)25-18/h5-6,8,16H,3-4,7,9H2,1-2H3,(H,24,25)(H2,21,22,23). The Morgan fingerprint density at radius 1 is 1.30 bits per heavy atom. The van der Waals surface area contributed by atoms with Crippen LogP contribution in [0.15, 0.2) is 18.2 Å². The molecule has 1 aliphatic rings. The molecule has 1 aliphatic heterocycles. The number of halogens is 1. The lowest BCUT2D eigenvalue weighted by atomic mass is 10.1. The van der Waals surface area contributed by atoms with Gasteiger partial charge in [-0.2, -0.15) is 0 Å². The summed E-state index contributed by atoms with van der Waals surface area (Å²) in [7, 11) is 0. The van der Waals surface area contributed by atoms with Crippen molar-refractivity contribution in [2.24, 2.45) is 0 Å². The van der Waals surface area contributed by atoms with Crippen molar-refractivity contribution >= 4 is 22.9 Å². The van der Waals surface area contributed by atoms with Gasteiger partial charge in [0.15, 0.2) is 0 Å². The lowest BCUT2D eigenvalue weighted by Gasteiger charge is -2.24. The number of benzene rings is 1. The maximum absolute atomic E-state index is 13.4. The van der Waals surface area contributed by atoms with Gasteiger partial charge in [-0.3, -0.25) is 4.79 Å². The molecule has 1 unspecified atom stereocenters. The minimum absolute atomic E-state index is 0.00343. The van der Waals surface area contributed by atoms with E-state index in [1.54, 1.807) is 6.07 Å². The number of aryl methyl sites for hydroxylation is 2. The number of aromatic amines is 1. The number of hydrogen-bond acceptors (Lipinski definition) is 5. The number of rotatable bonds is 3. The number of nitrogens with two attached hydrogens (primary N) is 1. The molecule has 3 aromatic rings. The third-order valence-corrected chi connectivity index (χ3v) is 5.12. The van der Waals surface area contributed by atoms with E-state index in [9.17, 15) is 9.18 Å². The number of imidazole rings is 1. The van der Waals surface area contributed by atoms with Gasteiger partial charge in [0, 0.05) is 23.5 Å². The molecule has 2 aromatic heterocycles. The largest absolute Gasteiger partial charge is 0.368 e. The first-order valence-electron chi connectivity index (χ1n) is 8.96. The summed E-state index contributed by atoms with van der Waals surface area (Å²) in [5, 5.41) is 0. The number of carbonyl (C=O) groups excluding carboxylic acids is 1. The number of fused-ring (bicyclic) bond motifs is 1. The van der Waals surface area contributed by atoms with Gasteiger partial charge in [0.25, 0.3) is 0 Å². The van der Waals surface area contributed by atoms with Crippen molar-refractivity contribution in [3.05, 3.63) is 46.8 Å². The summed E-state index contributed by atoms with van der Waals surface area (Å²) < 4.78 is 13.4. The zero-order chi connectivity index (χ0) is 19.1. The van der Waals surface area contributed by atoms with Crippen molar-refractivity contribution in [3.8, 4) is 0 Å². The first kappa shape index (κ1) is 17.4. The Morgan fingerprint density at radius 2 is 2.04 bits per heavy atom. The highest BCUT2D eigenvalue weighted by Gasteiger charge is 2.32.